The van der Waals surface area contributed by atoms with Crippen molar-refractivity contribution in [3.63, 3.8) is 0 Å². The van der Waals surface area contributed by atoms with Crippen LogP contribution in [0, 0.1) is 17.2 Å². The van der Waals surface area contributed by atoms with Crippen molar-refractivity contribution in [1.29, 1.82) is 5.26 Å². The van der Waals surface area contributed by atoms with Crippen molar-refractivity contribution in [1.82, 2.24) is 20.0 Å². The molecule has 1 aromatic carbocycles. The molecule has 1 spiro atoms. The first kappa shape index (κ1) is 21.6. The number of para-hydroxylation sites is 1. The average Bonchev–Trinajstić information content (AvgIpc) is 3.50. The molecule has 2 aliphatic rings. The molecule has 0 aliphatic carbocycles. The number of fused-ring (bicyclic) bond motifs is 2. The molecule has 3 amide bonds. The molecule has 3 heterocycles. The lowest BCUT2D eigenvalue weighted by Gasteiger charge is -2.33. The second kappa shape index (κ2) is 8.11. The van der Waals surface area contributed by atoms with Crippen LogP contribution in [0.25, 0.3) is 0 Å². The van der Waals surface area contributed by atoms with Crippen LogP contribution in [0.15, 0.2) is 36.5 Å². The SMILES string of the molecule is CC(C)C[C@@H](C(=O)N1C[C@]2(C[C@H]1C#N)C(=O)Nc1ccccc12)N(C)C(=O)c1ccn[nH]1. The Kier molecular flexibility index (Phi) is 5.46. The molecule has 2 aromatic rings. The molecule has 2 aliphatic heterocycles. The van der Waals surface area contributed by atoms with Crippen LogP contribution in [-0.2, 0) is 15.0 Å². The lowest BCUT2D eigenvalue weighted by molar-refractivity contribution is -0.136. The van der Waals surface area contributed by atoms with Gasteiger partial charge in [-0.1, -0.05) is 32.0 Å². The van der Waals surface area contributed by atoms with Crippen molar-refractivity contribution >= 4 is 23.4 Å². The molecule has 0 radical (unpaired) electrons. The van der Waals surface area contributed by atoms with Crippen molar-refractivity contribution in [2.75, 3.05) is 18.9 Å². The highest BCUT2D eigenvalue weighted by Crippen LogP contribution is 2.46. The molecule has 1 fully saturated rings. The molecule has 166 valence electrons. The van der Waals surface area contributed by atoms with Gasteiger partial charge in [-0.25, -0.2) is 0 Å². The summed E-state index contributed by atoms with van der Waals surface area (Å²) >= 11 is 0. The van der Waals surface area contributed by atoms with Crippen LogP contribution in [0.2, 0.25) is 0 Å². The monoisotopic (exact) mass is 434 g/mol. The minimum Gasteiger partial charge on any atom is -0.328 e. The van der Waals surface area contributed by atoms with Crippen LogP contribution in [0.3, 0.4) is 0 Å². The summed E-state index contributed by atoms with van der Waals surface area (Å²) in [5, 5.41) is 19.2. The van der Waals surface area contributed by atoms with Gasteiger partial charge >= 0.3 is 0 Å². The van der Waals surface area contributed by atoms with Crippen LogP contribution in [-0.4, -0.2) is 63.4 Å². The van der Waals surface area contributed by atoms with E-state index in [0.29, 0.717) is 12.1 Å². The van der Waals surface area contributed by atoms with Crippen LogP contribution in [0.5, 0.6) is 0 Å². The van der Waals surface area contributed by atoms with Gasteiger partial charge in [-0.05, 0) is 30.0 Å². The van der Waals surface area contributed by atoms with Crippen molar-refractivity contribution < 1.29 is 14.4 Å². The highest BCUT2D eigenvalue weighted by molar-refractivity contribution is 6.07. The summed E-state index contributed by atoms with van der Waals surface area (Å²) in [4.78, 5) is 42.5. The summed E-state index contributed by atoms with van der Waals surface area (Å²) in [6.07, 6.45) is 2.14. The fourth-order valence-electron chi connectivity index (χ4n) is 4.76. The van der Waals surface area contributed by atoms with E-state index < -0.39 is 17.5 Å². The Labute approximate surface area is 186 Å². The summed E-state index contributed by atoms with van der Waals surface area (Å²) < 4.78 is 0. The van der Waals surface area contributed by atoms with Crippen LogP contribution in [0.1, 0.15) is 42.7 Å². The number of aromatic nitrogens is 2. The number of amides is 3. The molecule has 9 nitrogen and oxygen atoms in total. The average molecular weight is 435 g/mol. The van der Waals surface area contributed by atoms with E-state index >= 15 is 0 Å². The highest BCUT2D eigenvalue weighted by Gasteiger charge is 2.56. The predicted molar refractivity (Wildman–Crippen MR) is 116 cm³/mol. The van der Waals surface area contributed by atoms with Gasteiger partial charge in [0.05, 0.1) is 11.5 Å². The van der Waals surface area contributed by atoms with Gasteiger partial charge < -0.3 is 15.1 Å². The van der Waals surface area contributed by atoms with Crippen LogP contribution >= 0.6 is 0 Å². The molecule has 0 saturated carbocycles. The zero-order chi connectivity index (χ0) is 23.0. The molecule has 1 saturated heterocycles. The first-order valence-corrected chi connectivity index (χ1v) is 10.7. The molecule has 9 heteroatoms. The molecule has 4 rings (SSSR count). The van der Waals surface area contributed by atoms with Gasteiger partial charge in [-0.3, -0.25) is 19.5 Å². The Hall–Kier alpha value is -3.67. The number of nitriles is 1. The van der Waals surface area contributed by atoms with Crippen molar-refractivity contribution in [2.24, 2.45) is 5.92 Å². The van der Waals surface area contributed by atoms with Crippen molar-refractivity contribution in [3.05, 3.63) is 47.8 Å². The lowest BCUT2D eigenvalue weighted by Crippen LogP contribution is -2.52. The Morgan fingerprint density at radius 3 is 2.75 bits per heavy atom. The number of benzene rings is 1. The largest absolute Gasteiger partial charge is 0.328 e. The number of aromatic amines is 1. The smallest absolute Gasteiger partial charge is 0.272 e. The number of likely N-dealkylation sites (N-methyl/N-ethyl adjacent to an activating group) is 1. The number of H-pyrrole nitrogens is 1. The fourth-order valence-corrected chi connectivity index (χ4v) is 4.76. The normalized spacial score (nSPS) is 22.5. The molecule has 0 unspecified atom stereocenters. The van der Waals surface area contributed by atoms with E-state index in [-0.39, 0.29) is 42.3 Å². The van der Waals surface area contributed by atoms with Gasteiger partial charge in [0.1, 0.15) is 17.8 Å². The Morgan fingerprint density at radius 2 is 2.09 bits per heavy atom. The summed E-state index contributed by atoms with van der Waals surface area (Å²) in [7, 11) is 1.58. The number of carbonyl (C=O) groups excluding carboxylic acids is 3. The first-order valence-electron chi connectivity index (χ1n) is 10.7. The van der Waals surface area contributed by atoms with E-state index in [4.69, 9.17) is 0 Å². The number of nitrogens with zero attached hydrogens (tertiary/aromatic N) is 4. The Balaban J connectivity index is 1.66. The molecule has 1 aromatic heterocycles. The number of hydrogen-bond acceptors (Lipinski definition) is 5. The topological polar surface area (TPSA) is 122 Å². The lowest BCUT2D eigenvalue weighted by atomic mass is 9.80. The maximum atomic E-state index is 13.7. The van der Waals surface area contributed by atoms with E-state index in [0.717, 1.165) is 5.56 Å². The molecule has 2 N–H and O–H groups in total. The fraction of sp³-hybridized carbons (Fsp3) is 0.435. The second-order valence-electron chi connectivity index (χ2n) is 8.93. The van der Waals surface area contributed by atoms with E-state index in [1.807, 2.05) is 38.1 Å². The number of hydrogen-bond donors (Lipinski definition) is 2. The molecule has 32 heavy (non-hydrogen) atoms. The second-order valence-corrected chi connectivity index (χ2v) is 8.93. The minimum atomic E-state index is -0.957. The van der Waals surface area contributed by atoms with E-state index in [1.165, 1.54) is 16.0 Å². The summed E-state index contributed by atoms with van der Waals surface area (Å²) in [5.41, 5.74) is 0.852. The quantitative estimate of drug-likeness (QED) is 0.744. The van der Waals surface area contributed by atoms with E-state index in [1.54, 1.807) is 13.1 Å². The molecular weight excluding hydrogens is 408 g/mol. The highest BCUT2D eigenvalue weighted by atomic mass is 16.2. The third-order valence-electron chi connectivity index (χ3n) is 6.41. The number of nitrogens with one attached hydrogen (secondary N) is 2. The summed E-state index contributed by atoms with van der Waals surface area (Å²) in [6, 6.07) is 9.62. The molecular formula is C23H26N6O3. The summed E-state index contributed by atoms with van der Waals surface area (Å²) in [6.45, 7) is 4.05. The predicted octanol–water partition coefficient (Wildman–Crippen LogP) is 1.91. The molecule has 3 atom stereocenters. The standard InChI is InChI=1S/C23H26N6O3/c1-14(2)10-19(28(3)20(30)18-8-9-25-27-18)21(31)29-13-23(11-15(29)12-24)16-6-4-5-7-17(16)26-22(23)32/h4-9,14-15,19H,10-11,13H2,1-3H3,(H,25,27)(H,26,32)/t15-,19-,23-/m0/s1. The van der Waals surface area contributed by atoms with Gasteiger partial charge in [-0.15, -0.1) is 0 Å². The van der Waals surface area contributed by atoms with Gasteiger partial charge in [-0.2, -0.15) is 10.4 Å². The number of rotatable bonds is 5. The first-order chi connectivity index (χ1) is 15.3. The maximum Gasteiger partial charge on any atom is 0.272 e. The van der Waals surface area contributed by atoms with Gasteiger partial charge in [0.15, 0.2) is 0 Å². The molecule has 0 bridgehead atoms. The van der Waals surface area contributed by atoms with E-state index in [2.05, 4.69) is 21.6 Å². The summed E-state index contributed by atoms with van der Waals surface area (Å²) in [5.74, 6) is -0.743. The van der Waals surface area contributed by atoms with Crippen LogP contribution < -0.4 is 5.32 Å². The van der Waals surface area contributed by atoms with Crippen molar-refractivity contribution in [2.45, 2.75) is 44.2 Å². The van der Waals surface area contributed by atoms with Crippen molar-refractivity contribution in [3.8, 4) is 6.07 Å². The minimum absolute atomic E-state index is 0.105. The van der Waals surface area contributed by atoms with E-state index in [9.17, 15) is 19.6 Å². The third-order valence-corrected chi connectivity index (χ3v) is 6.41. The van der Waals surface area contributed by atoms with Gasteiger partial charge in [0.25, 0.3) is 5.91 Å². The number of likely N-dealkylation sites (tertiary alicyclic amines) is 1. The third kappa shape index (κ3) is 3.42. The number of carbonyl (C=O) groups is 3. The zero-order valence-electron chi connectivity index (χ0n) is 18.3. The Morgan fingerprint density at radius 1 is 1.34 bits per heavy atom. The Bertz CT molecular complexity index is 1090. The van der Waals surface area contributed by atoms with Gasteiger partial charge in [0.2, 0.25) is 11.8 Å². The van der Waals surface area contributed by atoms with Crippen LogP contribution in [0.4, 0.5) is 5.69 Å². The zero-order valence-corrected chi connectivity index (χ0v) is 18.3. The maximum absolute atomic E-state index is 13.7. The van der Waals surface area contributed by atoms with Gasteiger partial charge in [0, 0.05) is 31.9 Å². The number of anilines is 1.